The Labute approximate surface area is 115 Å². The molecule has 0 saturated carbocycles. The Morgan fingerprint density at radius 1 is 0.900 bits per heavy atom. The molecule has 0 aliphatic heterocycles. The molecule has 0 radical (unpaired) electrons. The zero-order chi connectivity index (χ0) is 14.8. The van der Waals surface area contributed by atoms with Gasteiger partial charge in [-0.25, -0.2) is 8.78 Å². The van der Waals surface area contributed by atoms with E-state index in [1.54, 1.807) is 12.1 Å². The lowest BCUT2D eigenvalue weighted by molar-refractivity contribution is 0.130. The lowest BCUT2D eigenvalue weighted by atomic mass is 9.89. The van der Waals surface area contributed by atoms with Crippen LogP contribution in [-0.4, -0.2) is 18.5 Å². The summed E-state index contributed by atoms with van der Waals surface area (Å²) in [5.41, 5.74) is -6.46. The number of hydrogen-bond donors (Lipinski definition) is 1. The van der Waals surface area contributed by atoms with Crippen LogP contribution in [-0.2, 0) is 15.8 Å². The van der Waals surface area contributed by atoms with Crippen LogP contribution in [0.3, 0.4) is 0 Å². The highest BCUT2D eigenvalue weighted by Crippen LogP contribution is 2.40. The summed E-state index contributed by atoms with van der Waals surface area (Å²) in [5, 5.41) is 0. The first kappa shape index (κ1) is 14.6. The van der Waals surface area contributed by atoms with E-state index < -0.39 is 21.3 Å². The predicted molar refractivity (Wildman–Crippen MR) is 71.2 cm³/mol. The molecule has 1 N–H and O–H groups in total. The molecular formula is C14H12F2O3S. The molecule has 2 aromatic rings. The van der Waals surface area contributed by atoms with E-state index in [2.05, 4.69) is 0 Å². The number of benzene rings is 2. The van der Waals surface area contributed by atoms with Gasteiger partial charge in [0.1, 0.15) is 0 Å². The van der Waals surface area contributed by atoms with Crippen LogP contribution in [0.5, 0.6) is 0 Å². The molecule has 1 unspecified atom stereocenters. The highest BCUT2D eigenvalue weighted by atomic mass is 32.2. The molecule has 0 spiro atoms. The van der Waals surface area contributed by atoms with Crippen molar-refractivity contribution in [3.63, 3.8) is 0 Å². The summed E-state index contributed by atoms with van der Waals surface area (Å²) in [6, 6.07) is 14.1. The second-order valence-corrected chi connectivity index (χ2v) is 5.72. The van der Waals surface area contributed by atoms with Crippen LogP contribution in [0.1, 0.15) is 11.1 Å². The van der Waals surface area contributed by atoms with Gasteiger partial charge in [0.15, 0.2) is 0 Å². The summed E-state index contributed by atoms with van der Waals surface area (Å²) < 4.78 is 60.4. The van der Waals surface area contributed by atoms with Crippen LogP contribution in [0.25, 0.3) is 0 Å². The smallest absolute Gasteiger partial charge is 0.283 e. The van der Waals surface area contributed by atoms with Crippen molar-refractivity contribution in [1.29, 1.82) is 0 Å². The second-order valence-electron chi connectivity index (χ2n) is 4.27. The molecule has 0 aromatic heterocycles. The van der Waals surface area contributed by atoms with Crippen molar-refractivity contribution in [2.45, 2.75) is 11.2 Å². The first-order valence-electron chi connectivity index (χ1n) is 5.77. The molecule has 0 bridgehead atoms. The third kappa shape index (κ3) is 2.57. The fourth-order valence-electron chi connectivity index (χ4n) is 2.00. The number of alkyl halides is 2. The van der Waals surface area contributed by atoms with Crippen molar-refractivity contribution in [2.24, 2.45) is 0 Å². The Hall–Kier alpha value is -1.79. The van der Waals surface area contributed by atoms with E-state index in [-0.39, 0.29) is 11.1 Å². The van der Waals surface area contributed by atoms with Gasteiger partial charge in [-0.05, 0) is 11.1 Å². The van der Waals surface area contributed by atoms with E-state index >= 15 is 4.39 Å². The van der Waals surface area contributed by atoms with Crippen LogP contribution < -0.4 is 0 Å². The zero-order valence-corrected chi connectivity index (χ0v) is 11.1. The largest absolute Gasteiger partial charge is 0.301 e. The van der Waals surface area contributed by atoms with E-state index in [9.17, 15) is 12.8 Å². The first-order chi connectivity index (χ1) is 9.37. The lowest BCUT2D eigenvalue weighted by Crippen LogP contribution is -2.38. The molecule has 106 valence electrons. The average molecular weight is 298 g/mol. The summed E-state index contributed by atoms with van der Waals surface area (Å²) in [6.07, 6.45) is 0. The van der Waals surface area contributed by atoms with E-state index in [1.807, 2.05) is 0 Å². The van der Waals surface area contributed by atoms with Crippen LogP contribution >= 0.6 is 0 Å². The predicted octanol–water partition coefficient (Wildman–Crippen LogP) is 3.08. The van der Waals surface area contributed by atoms with E-state index in [0.29, 0.717) is 0 Å². The maximum Gasteiger partial charge on any atom is 0.301 e. The fraction of sp³-hybridized carbons (Fsp3) is 0.143. The Kier molecular flexibility index (Phi) is 3.87. The fourth-order valence-corrected chi connectivity index (χ4v) is 2.68. The van der Waals surface area contributed by atoms with Crippen molar-refractivity contribution in [3.8, 4) is 0 Å². The van der Waals surface area contributed by atoms with Gasteiger partial charge in [-0.1, -0.05) is 60.7 Å². The topological polar surface area (TPSA) is 54.4 Å². The minimum absolute atomic E-state index is 0.184. The maximum atomic E-state index is 15.2. The zero-order valence-electron chi connectivity index (χ0n) is 10.3. The molecular weight excluding hydrogens is 286 g/mol. The standard InChI is InChI=1S/C14H12F2O3S/c15-13(20(17,18)19)14(16,11-7-3-1-4-8-11)12-9-5-2-6-10-12/h1-10,13H,(H,17,18,19). The van der Waals surface area contributed by atoms with Crippen LogP contribution in [0.2, 0.25) is 0 Å². The quantitative estimate of drug-likeness (QED) is 0.883. The van der Waals surface area contributed by atoms with E-state index in [4.69, 9.17) is 4.55 Å². The van der Waals surface area contributed by atoms with Crippen molar-refractivity contribution >= 4 is 10.1 Å². The van der Waals surface area contributed by atoms with Crippen LogP contribution in [0.4, 0.5) is 8.78 Å². The van der Waals surface area contributed by atoms with Gasteiger partial charge in [0.05, 0.1) is 0 Å². The van der Waals surface area contributed by atoms with Crippen LogP contribution in [0.15, 0.2) is 60.7 Å². The molecule has 3 nitrogen and oxygen atoms in total. The third-order valence-corrected chi connectivity index (χ3v) is 3.81. The molecule has 0 fully saturated rings. The van der Waals surface area contributed by atoms with Crippen molar-refractivity contribution in [3.05, 3.63) is 71.8 Å². The Bertz CT molecular complexity index is 633. The van der Waals surface area contributed by atoms with Gasteiger partial charge >= 0.3 is 10.1 Å². The van der Waals surface area contributed by atoms with Crippen molar-refractivity contribution in [1.82, 2.24) is 0 Å². The van der Waals surface area contributed by atoms with Gasteiger partial charge < -0.3 is 0 Å². The lowest BCUT2D eigenvalue weighted by Gasteiger charge is -2.28. The Morgan fingerprint density at radius 2 is 1.25 bits per heavy atom. The van der Waals surface area contributed by atoms with Gasteiger partial charge in [0, 0.05) is 0 Å². The second kappa shape index (κ2) is 5.30. The monoisotopic (exact) mass is 298 g/mol. The maximum absolute atomic E-state index is 15.2. The molecule has 1 atom stereocenters. The van der Waals surface area contributed by atoms with Crippen molar-refractivity contribution in [2.75, 3.05) is 0 Å². The Balaban J connectivity index is 2.68. The molecule has 0 aliphatic carbocycles. The molecule has 20 heavy (non-hydrogen) atoms. The van der Waals surface area contributed by atoms with E-state index in [1.165, 1.54) is 48.5 Å². The molecule has 0 saturated heterocycles. The molecule has 2 rings (SSSR count). The van der Waals surface area contributed by atoms with Gasteiger partial charge in [-0.15, -0.1) is 0 Å². The molecule has 6 heteroatoms. The highest BCUT2D eigenvalue weighted by molar-refractivity contribution is 7.86. The Morgan fingerprint density at radius 3 is 1.55 bits per heavy atom. The van der Waals surface area contributed by atoms with E-state index in [0.717, 1.165) is 0 Å². The summed E-state index contributed by atoms with van der Waals surface area (Å²) in [7, 11) is -5.20. The molecule has 0 aliphatic rings. The number of halogens is 2. The summed E-state index contributed by atoms with van der Waals surface area (Å²) in [5.74, 6) is 0. The summed E-state index contributed by atoms with van der Waals surface area (Å²) >= 11 is 0. The van der Waals surface area contributed by atoms with Gasteiger partial charge in [0.25, 0.3) is 5.50 Å². The van der Waals surface area contributed by atoms with Crippen molar-refractivity contribution < 1.29 is 21.8 Å². The van der Waals surface area contributed by atoms with Gasteiger partial charge in [-0.2, -0.15) is 8.42 Å². The molecule has 0 amide bonds. The normalized spacial score (nSPS) is 13.9. The number of rotatable bonds is 4. The summed E-state index contributed by atoms with van der Waals surface area (Å²) in [6.45, 7) is 0. The third-order valence-electron chi connectivity index (χ3n) is 2.96. The van der Waals surface area contributed by atoms with Gasteiger partial charge in [-0.3, -0.25) is 4.55 Å². The average Bonchev–Trinajstić information content (AvgIpc) is 2.46. The van der Waals surface area contributed by atoms with Gasteiger partial charge in [0.2, 0.25) is 5.67 Å². The number of hydrogen-bond acceptors (Lipinski definition) is 2. The summed E-state index contributed by atoms with van der Waals surface area (Å²) in [4.78, 5) is 0. The minimum Gasteiger partial charge on any atom is -0.283 e. The molecule has 0 heterocycles. The van der Waals surface area contributed by atoms with Crippen LogP contribution in [0, 0.1) is 0 Å². The first-order valence-corrected chi connectivity index (χ1v) is 7.27. The highest BCUT2D eigenvalue weighted by Gasteiger charge is 2.50. The molecule has 2 aromatic carbocycles. The minimum atomic E-state index is -5.20. The SMILES string of the molecule is O=S(=O)(O)C(F)C(F)(c1ccccc1)c1ccccc1.